The monoisotopic (exact) mass is 784 g/mol. The Kier molecular flexibility index (Phi) is 8.72. The highest BCUT2D eigenvalue weighted by molar-refractivity contribution is 6.22. The van der Waals surface area contributed by atoms with Gasteiger partial charge in [0.2, 0.25) is 0 Å². The number of H-pyrrole nitrogens is 4. The second-order valence-corrected chi connectivity index (χ2v) is 15.6. The first-order valence-corrected chi connectivity index (χ1v) is 19.5. The van der Waals surface area contributed by atoms with Gasteiger partial charge in [0.05, 0.1) is 22.1 Å². The van der Waals surface area contributed by atoms with Crippen LogP contribution in [0.4, 0.5) is 17.6 Å². The van der Waals surface area contributed by atoms with Crippen LogP contribution in [0.15, 0.2) is 84.9 Å². The van der Waals surface area contributed by atoms with Crippen molar-refractivity contribution in [1.82, 2.24) is 30.2 Å². The van der Waals surface area contributed by atoms with Crippen LogP contribution < -0.4 is 14.8 Å². The van der Waals surface area contributed by atoms with Gasteiger partial charge < -0.3 is 39.6 Å². The summed E-state index contributed by atoms with van der Waals surface area (Å²) in [5.74, 6) is 0.213. The number of piperidine rings is 1. The molecule has 4 aromatic heterocycles. The highest BCUT2D eigenvalue weighted by Gasteiger charge is 2.23. The average molecular weight is 785 g/mol. The molecule has 1 aliphatic rings. The zero-order valence-electron chi connectivity index (χ0n) is 32.0. The predicted octanol–water partition coefficient (Wildman–Crippen LogP) is 10.9. The molecule has 11 rings (SSSR count). The second-order valence-electron chi connectivity index (χ2n) is 15.6. The molecule has 1 unspecified atom stereocenters. The predicted molar refractivity (Wildman–Crippen MR) is 225 cm³/mol. The molecular formula is C46H40F4N6O2. The first-order chi connectivity index (χ1) is 28.1. The van der Waals surface area contributed by atoms with Gasteiger partial charge in [-0.2, -0.15) is 0 Å². The molecule has 5 N–H and O–H groups in total. The Balaban J connectivity index is 0.000000141. The Morgan fingerprint density at radius 3 is 1.26 bits per heavy atom. The van der Waals surface area contributed by atoms with E-state index in [-0.39, 0.29) is 35.5 Å². The van der Waals surface area contributed by atoms with Gasteiger partial charge in [0.15, 0.2) is 11.5 Å². The fourth-order valence-corrected chi connectivity index (χ4v) is 8.66. The summed E-state index contributed by atoms with van der Waals surface area (Å²) in [4.78, 5) is 15.6. The van der Waals surface area contributed by atoms with Crippen molar-refractivity contribution < 1.29 is 27.0 Å². The number of ether oxygens (including phenoxy) is 2. The van der Waals surface area contributed by atoms with Crippen molar-refractivity contribution in [3.05, 3.63) is 108 Å². The van der Waals surface area contributed by atoms with Gasteiger partial charge in [-0.05, 0) is 132 Å². The number of halogens is 4. The largest absolute Gasteiger partial charge is 0.486 e. The summed E-state index contributed by atoms with van der Waals surface area (Å²) in [6.45, 7) is 4.58. The first kappa shape index (κ1) is 36.1. The third kappa shape index (κ3) is 6.23. The van der Waals surface area contributed by atoms with Gasteiger partial charge >= 0.3 is 0 Å². The fraction of sp³-hybridized carbons (Fsp3) is 0.217. The lowest BCUT2D eigenvalue weighted by Gasteiger charge is -2.24. The minimum Gasteiger partial charge on any atom is -0.486 e. The van der Waals surface area contributed by atoms with Crippen molar-refractivity contribution in [2.75, 3.05) is 33.7 Å². The van der Waals surface area contributed by atoms with E-state index in [0.717, 1.165) is 125 Å². The van der Waals surface area contributed by atoms with Crippen molar-refractivity contribution in [3.8, 4) is 11.5 Å². The lowest BCUT2D eigenvalue weighted by Crippen LogP contribution is -2.34. The van der Waals surface area contributed by atoms with E-state index < -0.39 is 0 Å². The summed E-state index contributed by atoms with van der Waals surface area (Å²) < 4.78 is 68.7. The zero-order chi connectivity index (χ0) is 39.8. The summed E-state index contributed by atoms with van der Waals surface area (Å²) in [7, 11) is 3.99. The van der Waals surface area contributed by atoms with Gasteiger partial charge in [0.25, 0.3) is 0 Å². The number of nitrogens with one attached hydrogen (secondary N) is 5. The molecular weight excluding hydrogens is 745 g/mol. The molecule has 6 aromatic carbocycles. The first-order valence-electron chi connectivity index (χ1n) is 19.5. The summed E-state index contributed by atoms with van der Waals surface area (Å²) in [5, 5.41) is 9.95. The van der Waals surface area contributed by atoms with Crippen LogP contribution in [0.25, 0.3) is 87.2 Å². The van der Waals surface area contributed by atoms with Crippen LogP contribution in [0.1, 0.15) is 19.8 Å². The minimum atomic E-state index is -0.299. The maximum absolute atomic E-state index is 14.0. The number of nitrogens with zero attached hydrogens (tertiary/aromatic N) is 1. The molecule has 58 heavy (non-hydrogen) atoms. The number of hydrogen-bond acceptors (Lipinski definition) is 4. The molecule has 1 fully saturated rings. The van der Waals surface area contributed by atoms with E-state index in [4.69, 9.17) is 9.47 Å². The molecule has 0 aliphatic carbocycles. The van der Waals surface area contributed by atoms with Crippen LogP contribution in [0.2, 0.25) is 0 Å². The normalized spacial score (nSPS) is 14.6. The molecule has 1 aliphatic heterocycles. The van der Waals surface area contributed by atoms with Crippen LogP contribution in [0.5, 0.6) is 11.5 Å². The standard InChI is InChI=1S/C23H19F2N3O.C23H21F2N3O/c24-12-1-3-19-15(9-12)17-11-18-16-10-13(25)2-4-20(16)28-22(18)23(21(17)27-19)29-14-5-7-26-8-6-14;1-12(11-28(2)3)29-23-21-17(15-8-13(24)4-6-19(15)26-21)10-18-16-9-14(25)5-7-20(16)27-22(18)23/h1-4,9-11,14,26-28H,5-8H2;4-10,12,26-27H,11H2,1-3H3. The van der Waals surface area contributed by atoms with Gasteiger partial charge in [-0.25, -0.2) is 17.6 Å². The highest BCUT2D eigenvalue weighted by atomic mass is 19.1. The van der Waals surface area contributed by atoms with Crippen LogP contribution in [0.3, 0.4) is 0 Å². The van der Waals surface area contributed by atoms with Crippen LogP contribution in [0, 0.1) is 23.3 Å². The minimum absolute atomic E-state index is 0.0786. The summed E-state index contributed by atoms with van der Waals surface area (Å²) in [6.07, 6.45) is 1.85. The molecule has 10 aromatic rings. The summed E-state index contributed by atoms with van der Waals surface area (Å²) >= 11 is 0. The average Bonchev–Trinajstić information content (AvgIpc) is 3.96. The molecule has 1 atom stereocenters. The van der Waals surface area contributed by atoms with Gasteiger partial charge in [-0.1, -0.05) is 0 Å². The number of aromatic amines is 4. The van der Waals surface area contributed by atoms with E-state index in [1.165, 1.54) is 48.5 Å². The van der Waals surface area contributed by atoms with E-state index in [2.05, 4.69) is 30.2 Å². The van der Waals surface area contributed by atoms with E-state index in [9.17, 15) is 17.6 Å². The van der Waals surface area contributed by atoms with Crippen molar-refractivity contribution in [1.29, 1.82) is 0 Å². The van der Waals surface area contributed by atoms with Crippen molar-refractivity contribution in [3.63, 3.8) is 0 Å². The summed E-state index contributed by atoms with van der Waals surface area (Å²) in [5.41, 5.74) is 6.63. The highest BCUT2D eigenvalue weighted by Crippen LogP contribution is 2.43. The maximum Gasteiger partial charge on any atom is 0.167 e. The van der Waals surface area contributed by atoms with E-state index in [0.29, 0.717) is 5.75 Å². The molecule has 8 nitrogen and oxygen atoms in total. The quantitative estimate of drug-likeness (QED) is 0.109. The van der Waals surface area contributed by atoms with Crippen molar-refractivity contribution in [2.24, 2.45) is 0 Å². The van der Waals surface area contributed by atoms with Gasteiger partial charge in [0, 0.05) is 71.7 Å². The maximum atomic E-state index is 14.0. The zero-order valence-corrected chi connectivity index (χ0v) is 32.0. The Labute approximate surface area is 329 Å². The molecule has 0 saturated carbocycles. The SMILES string of the molecule is CC(CN(C)C)Oc1c2[nH]c3ccc(F)cc3c2cc2c1[nH]c1ccc(F)cc12.Fc1ccc2[nH]c3c(OC4CCNCC4)c4[nH]c5ccc(F)cc5c4cc3c2c1. The smallest absolute Gasteiger partial charge is 0.167 e. The molecule has 0 amide bonds. The number of benzene rings is 6. The molecule has 294 valence electrons. The Bertz CT molecular complexity index is 3020. The number of likely N-dealkylation sites (N-methyl/N-ethyl adjacent to an activating group) is 1. The molecule has 0 bridgehead atoms. The van der Waals surface area contributed by atoms with Gasteiger partial charge in [-0.3, -0.25) is 0 Å². The third-order valence-corrected chi connectivity index (χ3v) is 11.2. The van der Waals surface area contributed by atoms with E-state index >= 15 is 0 Å². The fourth-order valence-electron chi connectivity index (χ4n) is 8.66. The summed E-state index contributed by atoms with van der Waals surface area (Å²) in [6, 6.07) is 22.8. The van der Waals surface area contributed by atoms with Crippen LogP contribution in [-0.2, 0) is 0 Å². The van der Waals surface area contributed by atoms with Crippen molar-refractivity contribution >= 4 is 87.2 Å². The van der Waals surface area contributed by atoms with Gasteiger partial charge in [-0.15, -0.1) is 0 Å². The second kappa shape index (κ2) is 14.0. The third-order valence-electron chi connectivity index (χ3n) is 11.2. The molecule has 5 heterocycles. The van der Waals surface area contributed by atoms with Crippen molar-refractivity contribution in [2.45, 2.75) is 32.0 Å². The number of fused-ring (bicyclic) bond motifs is 12. The Morgan fingerprint density at radius 1 is 0.534 bits per heavy atom. The van der Waals surface area contributed by atoms with Crippen LogP contribution >= 0.6 is 0 Å². The molecule has 0 radical (unpaired) electrons. The number of rotatable bonds is 6. The lowest BCUT2D eigenvalue weighted by molar-refractivity contribution is 0.166. The number of hydrogen-bond donors (Lipinski definition) is 5. The molecule has 0 spiro atoms. The topological polar surface area (TPSA) is 96.9 Å². The number of aromatic nitrogens is 4. The Morgan fingerprint density at radius 2 is 0.897 bits per heavy atom. The molecule has 1 saturated heterocycles. The van der Waals surface area contributed by atoms with E-state index in [1.807, 2.05) is 33.2 Å². The Hall–Kier alpha value is -6.24. The van der Waals surface area contributed by atoms with Crippen LogP contribution in [-0.4, -0.2) is 70.8 Å². The molecule has 12 heteroatoms. The van der Waals surface area contributed by atoms with E-state index in [1.54, 1.807) is 24.3 Å². The van der Waals surface area contributed by atoms with Gasteiger partial charge in [0.1, 0.15) is 35.5 Å². The lowest BCUT2D eigenvalue weighted by atomic mass is 10.1.